The molecule has 0 amide bonds. The van der Waals surface area contributed by atoms with Crippen LogP contribution in [-0.2, 0) is 22.6 Å². The Labute approximate surface area is 203 Å². The van der Waals surface area contributed by atoms with E-state index in [1.54, 1.807) is 20.8 Å². The number of benzene rings is 1. The zero-order valence-electron chi connectivity index (χ0n) is 20.3. The highest BCUT2D eigenvalue weighted by molar-refractivity contribution is 7.20. The van der Waals surface area contributed by atoms with Crippen LogP contribution in [-0.4, -0.2) is 57.3 Å². The molecule has 0 aliphatic rings. The van der Waals surface area contributed by atoms with Crippen molar-refractivity contribution in [2.45, 2.75) is 66.0 Å². The molecule has 0 aliphatic carbocycles. The van der Waals surface area contributed by atoms with Gasteiger partial charge < -0.3 is 19.6 Å². The molecule has 0 radical (unpaired) electrons. The number of aliphatic hydroxyl groups excluding tert-OH is 1. The minimum Gasteiger partial charge on any atom is -0.459 e. The van der Waals surface area contributed by atoms with Crippen molar-refractivity contribution in [2.24, 2.45) is 0 Å². The Kier molecular flexibility index (Phi) is 8.96. The predicted molar refractivity (Wildman–Crippen MR) is 133 cm³/mol. The summed E-state index contributed by atoms with van der Waals surface area (Å²) in [5.41, 5.74) is 1.35. The summed E-state index contributed by atoms with van der Waals surface area (Å²) in [5.74, 6) is 0.0347. The highest BCUT2D eigenvalue weighted by Crippen LogP contribution is 2.28. The number of H-pyrrole nitrogens is 1. The van der Waals surface area contributed by atoms with E-state index in [0.29, 0.717) is 46.2 Å². The number of fused-ring (bicyclic) bond motifs is 1. The molecule has 184 valence electrons. The van der Waals surface area contributed by atoms with Gasteiger partial charge in [0, 0.05) is 12.6 Å². The van der Waals surface area contributed by atoms with E-state index < -0.39 is 12.1 Å². The summed E-state index contributed by atoms with van der Waals surface area (Å²) in [6.45, 7) is 10.7. The van der Waals surface area contributed by atoms with E-state index >= 15 is 0 Å². The van der Waals surface area contributed by atoms with Crippen molar-refractivity contribution in [1.29, 1.82) is 0 Å². The fourth-order valence-electron chi connectivity index (χ4n) is 3.59. The standard InChI is InChI=1S/C25H33N3O5S/c1-15(2)28(11-19(29)14-32-13-18-9-7-6-8-10-18)12-20-26-23(30)21-17(5)22(34-24(21)27-20)25(31)33-16(3)4/h6-10,15-16,19,29H,11-14H2,1-5H3,(H,26,27,30)/t19-/m1/s1. The SMILES string of the molecule is Cc1c(C(=O)OC(C)C)sc2nc(CN(C[C@@H](O)COCc3ccccc3)C(C)C)[nH]c(=O)c12. The number of thiophene rings is 1. The number of nitrogens with one attached hydrogen (secondary N) is 1. The highest BCUT2D eigenvalue weighted by atomic mass is 32.1. The van der Waals surface area contributed by atoms with Crippen LogP contribution in [0.5, 0.6) is 0 Å². The van der Waals surface area contributed by atoms with Gasteiger partial charge in [0.1, 0.15) is 15.5 Å². The van der Waals surface area contributed by atoms with E-state index in [0.717, 1.165) is 5.56 Å². The number of esters is 1. The lowest BCUT2D eigenvalue weighted by Crippen LogP contribution is -2.39. The molecule has 3 rings (SSSR count). The molecule has 9 heteroatoms. The molecule has 0 aliphatic heterocycles. The average molecular weight is 488 g/mol. The van der Waals surface area contributed by atoms with E-state index in [-0.39, 0.29) is 24.3 Å². The highest BCUT2D eigenvalue weighted by Gasteiger charge is 2.22. The van der Waals surface area contributed by atoms with E-state index in [2.05, 4.69) is 9.97 Å². The Bertz CT molecular complexity index is 1160. The van der Waals surface area contributed by atoms with Gasteiger partial charge in [-0.2, -0.15) is 0 Å². The molecule has 2 N–H and O–H groups in total. The van der Waals surface area contributed by atoms with Gasteiger partial charge in [-0.25, -0.2) is 9.78 Å². The van der Waals surface area contributed by atoms with Crippen molar-refractivity contribution in [2.75, 3.05) is 13.2 Å². The maximum absolute atomic E-state index is 12.8. The molecular formula is C25H33N3O5S. The Morgan fingerprint density at radius 2 is 1.91 bits per heavy atom. The molecular weight excluding hydrogens is 454 g/mol. The first-order chi connectivity index (χ1) is 16.2. The van der Waals surface area contributed by atoms with Gasteiger partial charge in [0.2, 0.25) is 0 Å². The maximum atomic E-state index is 12.8. The van der Waals surface area contributed by atoms with E-state index in [9.17, 15) is 14.7 Å². The van der Waals surface area contributed by atoms with Gasteiger partial charge in [0.25, 0.3) is 5.56 Å². The quantitative estimate of drug-likeness (QED) is 0.398. The number of hydrogen-bond acceptors (Lipinski definition) is 8. The van der Waals surface area contributed by atoms with Crippen LogP contribution in [0.3, 0.4) is 0 Å². The third kappa shape index (κ3) is 6.73. The summed E-state index contributed by atoms with van der Waals surface area (Å²) in [7, 11) is 0. The lowest BCUT2D eigenvalue weighted by molar-refractivity contribution is 0.00267. The van der Waals surface area contributed by atoms with Gasteiger partial charge in [0.05, 0.1) is 37.4 Å². The summed E-state index contributed by atoms with van der Waals surface area (Å²) in [4.78, 5) is 35.6. The fourth-order valence-corrected chi connectivity index (χ4v) is 4.67. The number of ether oxygens (including phenoxy) is 2. The van der Waals surface area contributed by atoms with E-state index in [4.69, 9.17) is 9.47 Å². The van der Waals surface area contributed by atoms with Crippen LogP contribution in [0.25, 0.3) is 10.2 Å². The van der Waals surface area contributed by atoms with Crippen molar-refractivity contribution in [3.63, 3.8) is 0 Å². The molecule has 0 saturated heterocycles. The number of hydrogen-bond donors (Lipinski definition) is 2. The Morgan fingerprint density at radius 3 is 2.56 bits per heavy atom. The third-order valence-electron chi connectivity index (χ3n) is 5.33. The monoisotopic (exact) mass is 487 g/mol. The van der Waals surface area contributed by atoms with Crippen molar-refractivity contribution < 1.29 is 19.4 Å². The first kappa shape index (κ1) is 26.0. The summed E-state index contributed by atoms with van der Waals surface area (Å²) >= 11 is 1.17. The number of aliphatic hydroxyl groups is 1. The Hall–Kier alpha value is -2.59. The first-order valence-corrected chi connectivity index (χ1v) is 12.2. The van der Waals surface area contributed by atoms with Gasteiger partial charge in [-0.05, 0) is 45.7 Å². The normalized spacial score (nSPS) is 12.7. The maximum Gasteiger partial charge on any atom is 0.348 e. The molecule has 34 heavy (non-hydrogen) atoms. The molecule has 1 aromatic carbocycles. The van der Waals surface area contributed by atoms with Crippen molar-refractivity contribution in [1.82, 2.24) is 14.9 Å². The number of aromatic nitrogens is 2. The van der Waals surface area contributed by atoms with Crippen LogP contribution in [0, 0.1) is 6.92 Å². The topological polar surface area (TPSA) is 105 Å². The second kappa shape index (κ2) is 11.7. The molecule has 2 heterocycles. The number of nitrogens with zero attached hydrogens (tertiary/aromatic N) is 2. The molecule has 0 unspecified atom stereocenters. The molecule has 8 nitrogen and oxygen atoms in total. The van der Waals surface area contributed by atoms with Crippen LogP contribution in [0.1, 0.15) is 54.3 Å². The number of aromatic amines is 1. The molecule has 0 spiro atoms. The molecule has 0 bridgehead atoms. The number of rotatable bonds is 11. The summed E-state index contributed by atoms with van der Waals surface area (Å²) in [6, 6.07) is 9.91. The third-order valence-corrected chi connectivity index (χ3v) is 6.49. The number of aryl methyl sites for hydroxylation is 1. The lowest BCUT2D eigenvalue weighted by Gasteiger charge is -2.28. The van der Waals surface area contributed by atoms with Gasteiger partial charge in [-0.15, -0.1) is 11.3 Å². The molecule has 2 aromatic heterocycles. The summed E-state index contributed by atoms with van der Waals surface area (Å²) in [5, 5.41) is 10.9. The molecule has 1 atom stereocenters. The fraction of sp³-hybridized carbons (Fsp3) is 0.480. The van der Waals surface area contributed by atoms with E-state index in [1.165, 1.54) is 11.3 Å². The molecule has 0 fully saturated rings. The average Bonchev–Trinajstić information content (AvgIpc) is 3.10. The number of carbonyl (C=O) groups is 1. The minimum absolute atomic E-state index is 0.103. The Balaban J connectivity index is 1.69. The first-order valence-electron chi connectivity index (χ1n) is 11.4. The summed E-state index contributed by atoms with van der Waals surface area (Å²) in [6.07, 6.45) is -0.940. The smallest absolute Gasteiger partial charge is 0.348 e. The van der Waals surface area contributed by atoms with Crippen molar-refractivity contribution >= 4 is 27.5 Å². The van der Waals surface area contributed by atoms with Gasteiger partial charge in [0.15, 0.2) is 0 Å². The van der Waals surface area contributed by atoms with Crippen LogP contribution in [0.4, 0.5) is 0 Å². The van der Waals surface area contributed by atoms with Gasteiger partial charge in [-0.1, -0.05) is 30.3 Å². The molecule has 3 aromatic rings. The Morgan fingerprint density at radius 1 is 1.21 bits per heavy atom. The van der Waals surface area contributed by atoms with Crippen molar-refractivity contribution in [3.05, 3.63) is 62.5 Å². The lowest BCUT2D eigenvalue weighted by atomic mass is 10.2. The van der Waals surface area contributed by atoms with Gasteiger partial charge in [-0.3, -0.25) is 9.69 Å². The number of carbonyl (C=O) groups excluding carboxylic acids is 1. The second-order valence-electron chi connectivity index (χ2n) is 8.88. The van der Waals surface area contributed by atoms with Crippen LogP contribution < -0.4 is 5.56 Å². The largest absolute Gasteiger partial charge is 0.459 e. The zero-order chi connectivity index (χ0) is 24.8. The summed E-state index contributed by atoms with van der Waals surface area (Å²) < 4.78 is 11.0. The second-order valence-corrected chi connectivity index (χ2v) is 9.88. The van der Waals surface area contributed by atoms with E-state index in [1.807, 2.05) is 49.1 Å². The predicted octanol–water partition coefficient (Wildman–Crippen LogP) is 3.65. The molecule has 0 saturated carbocycles. The van der Waals surface area contributed by atoms with Crippen LogP contribution in [0.15, 0.2) is 35.1 Å². The van der Waals surface area contributed by atoms with Crippen LogP contribution in [0.2, 0.25) is 0 Å². The minimum atomic E-state index is -0.692. The zero-order valence-corrected chi connectivity index (χ0v) is 21.1. The van der Waals surface area contributed by atoms with Gasteiger partial charge >= 0.3 is 5.97 Å². The van der Waals surface area contributed by atoms with Crippen LogP contribution >= 0.6 is 11.3 Å². The van der Waals surface area contributed by atoms with Crippen molar-refractivity contribution in [3.8, 4) is 0 Å².